The molecule has 1 amide bonds. The number of sulfonamides is 1. The summed E-state index contributed by atoms with van der Waals surface area (Å²) in [4.78, 5) is 31.1. The van der Waals surface area contributed by atoms with E-state index in [0.29, 0.717) is 12.4 Å². The summed E-state index contributed by atoms with van der Waals surface area (Å²) in [5.41, 5.74) is 1.25. The van der Waals surface area contributed by atoms with Gasteiger partial charge in [-0.25, -0.2) is 13.2 Å². The molecule has 37 heavy (non-hydrogen) atoms. The van der Waals surface area contributed by atoms with Gasteiger partial charge in [-0.3, -0.25) is 9.78 Å². The topological polar surface area (TPSA) is 115 Å². The molecule has 9 nitrogen and oxygen atoms in total. The third kappa shape index (κ3) is 4.91. The number of rotatable bonds is 8. The van der Waals surface area contributed by atoms with Gasteiger partial charge in [0.15, 0.2) is 5.54 Å². The molecule has 0 bridgehead atoms. The summed E-state index contributed by atoms with van der Waals surface area (Å²) in [5.74, 6) is -0.285. The standard InChI is InChI=1S/C27H29N3O6S/c1-18-14-20(23-8-3-4-9-24(23)28-18)15-36-21-10-12-22(13-11-21)37(33,34)29-27(26(32)35-2)16-30(17-27)25(31)19-6-5-7-19/h3-4,8-14,19,29H,5-7,15-17H2,1-2H3. The molecule has 1 saturated heterocycles. The Morgan fingerprint density at radius 3 is 2.46 bits per heavy atom. The molecule has 2 heterocycles. The number of pyridine rings is 1. The molecule has 2 aliphatic rings. The first-order valence-corrected chi connectivity index (χ1v) is 13.7. The lowest BCUT2D eigenvalue weighted by Gasteiger charge is -2.49. The van der Waals surface area contributed by atoms with Gasteiger partial charge in [-0.05, 0) is 56.2 Å². The van der Waals surface area contributed by atoms with Crippen LogP contribution in [0.25, 0.3) is 10.9 Å². The normalized spacial score (nSPS) is 17.1. The number of likely N-dealkylation sites (tertiary alicyclic amines) is 1. The van der Waals surface area contributed by atoms with E-state index in [1.54, 1.807) is 12.1 Å². The fraction of sp³-hybridized carbons (Fsp3) is 0.370. The predicted molar refractivity (Wildman–Crippen MR) is 136 cm³/mol. The van der Waals surface area contributed by atoms with E-state index in [9.17, 15) is 18.0 Å². The first kappa shape index (κ1) is 25.2. The lowest BCUT2D eigenvalue weighted by molar-refractivity contribution is -0.162. The van der Waals surface area contributed by atoms with Crippen LogP contribution in [0.4, 0.5) is 0 Å². The zero-order valence-electron chi connectivity index (χ0n) is 20.8. The number of nitrogens with one attached hydrogen (secondary N) is 1. The van der Waals surface area contributed by atoms with E-state index >= 15 is 0 Å². The van der Waals surface area contributed by atoms with Crippen molar-refractivity contribution in [3.63, 3.8) is 0 Å². The molecule has 0 atom stereocenters. The number of para-hydroxylation sites is 1. The van der Waals surface area contributed by atoms with Gasteiger partial charge in [-0.2, -0.15) is 4.72 Å². The van der Waals surface area contributed by atoms with Crippen molar-refractivity contribution in [2.24, 2.45) is 5.92 Å². The van der Waals surface area contributed by atoms with E-state index in [4.69, 9.17) is 9.47 Å². The molecule has 0 spiro atoms. The Morgan fingerprint density at radius 2 is 1.81 bits per heavy atom. The second kappa shape index (κ2) is 9.75. The van der Waals surface area contributed by atoms with E-state index in [1.807, 2.05) is 37.3 Å². The number of ether oxygens (including phenoxy) is 2. The second-order valence-corrected chi connectivity index (χ2v) is 11.4. The number of aryl methyl sites for hydroxylation is 1. The largest absolute Gasteiger partial charge is 0.489 e. The van der Waals surface area contributed by atoms with Crippen LogP contribution in [0.5, 0.6) is 5.75 Å². The lowest BCUT2D eigenvalue weighted by atomic mass is 9.81. The highest BCUT2D eigenvalue weighted by molar-refractivity contribution is 7.89. The monoisotopic (exact) mass is 523 g/mol. The van der Waals surface area contributed by atoms with Crippen LogP contribution in [0.3, 0.4) is 0 Å². The second-order valence-electron chi connectivity index (χ2n) is 9.70. The number of methoxy groups -OCH3 is 1. The maximum absolute atomic E-state index is 13.1. The van der Waals surface area contributed by atoms with Gasteiger partial charge in [0.1, 0.15) is 12.4 Å². The molecule has 2 fully saturated rings. The number of fused-ring (bicyclic) bond motifs is 1. The molecule has 5 rings (SSSR count). The van der Waals surface area contributed by atoms with Gasteiger partial charge in [-0.1, -0.05) is 24.6 Å². The highest BCUT2D eigenvalue weighted by Gasteiger charge is 2.55. The average molecular weight is 524 g/mol. The van der Waals surface area contributed by atoms with Crippen LogP contribution in [0.15, 0.2) is 59.5 Å². The number of carbonyl (C=O) groups is 2. The van der Waals surface area contributed by atoms with Crippen molar-refractivity contribution in [3.8, 4) is 5.75 Å². The average Bonchev–Trinajstić information content (AvgIpc) is 2.83. The van der Waals surface area contributed by atoms with Gasteiger partial charge in [0.2, 0.25) is 15.9 Å². The number of amides is 1. The smallest absolute Gasteiger partial charge is 0.330 e. The van der Waals surface area contributed by atoms with Crippen LogP contribution in [-0.2, 0) is 31.0 Å². The van der Waals surface area contributed by atoms with Gasteiger partial charge in [-0.15, -0.1) is 0 Å². The van der Waals surface area contributed by atoms with Crippen LogP contribution in [0, 0.1) is 12.8 Å². The Hall–Kier alpha value is -3.50. The van der Waals surface area contributed by atoms with Crippen molar-refractivity contribution >= 4 is 32.8 Å². The number of esters is 1. The Kier molecular flexibility index (Phi) is 6.63. The van der Waals surface area contributed by atoms with Crippen LogP contribution >= 0.6 is 0 Å². The summed E-state index contributed by atoms with van der Waals surface area (Å²) in [6.45, 7) is 2.13. The molecule has 1 aromatic heterocycles. The molecular weight excluding hydrogens is 494 g/mol. The molecule has 0 unspecified atom stereocenters. The quantitative estimate of drug-likeness (QED) is 0.452. The van der Waals surface area contributed by atoms with E-state index in [2.05, 4.69) is 9.71 Å². The minimum Gasteiger partial charge on any atom is -0.489 e. The van der Waals surface area contributed by atoms with Crippen molar-refractivity contribution in [2.75, 3.05) is 20.2 Å². The minimum atomic E-state index is -4.07. The van der Waals surface area contributed by atoms with Crippen molar-refractivity contribution in [2.45, 2.75) is 43.2 Å². The number of carbonyl (C=O) groups excluding carboxylic acids is 2. The van der Waals surface area contributed by atoms with Gasteiger partial charge >= 0.3 is 5.97 Å². The maximum Gasteiger partial charge on any atom is 0.330 e. The third-order valence-electron chi connectivity index (χ3n) is 7.05. The molecular formula is C27H29N3O6S. The summed E-state index contributed by atoms with van der Waals surface area (Å²) >= 11 is 0. The van der Waals surface area contributed by atoms with Crippen LogP contribution < -0.4 is 9.46 Å². The highest BCUT2D eigenvalue weighted by atomic mass is 32.2. The first-order chi connectivity index (χ1) is 17.7. The van der Waals surface area contributed by atoms with Gasteiger partial charge in [0.05, 0.1) is 30.6 Å². The SMILES string of the molecule is COC(=O)C1(NS(=O)(=O)c2ccc(OCc3cc(C)nc4ccccc34)cc2)CN(C(=O)C2CCC2)C1. The van der Waals surface area contributed by atoms with Crippen molar-refractivity contribution in [1.82, 2.24) is 14.6 Å². The number of hydrogen-bond donors (Lipinski definition) is 1. The zero-order valence-corrected chi connectivity index (χ0v) is 21.6. The van der Waals surface area contributed by atoms with Crippen LogP contribution in [-0.4, -0.2) is 55.9 Å². The molecule has 2 aromatic carbocycles. The summed E-state index contributed by atoms with van der Waals surface area (Å²) in [6, 6.07) is 15.8. The molecule has 1 saturated carbocycles. The van der Waals surface area contributed by atoms with Crippen molar-refractivity contribution < 1.29 is 27.5 Å². The number of aromatic nitrogens is 1. The minimum absolute atomic E-state index is 0.0166. The molecule has 3 aromatic rings. The Morgan fingerprint density at radius 1 is 1.11 bits per heavy atom. The Bertz CT molecular complexity index is 1440. The maximum atomic E-state index is 13.1. The third-order valence-corrected chi connectivity index (χ3v) is 8.60. The van der Waals surface area contributed by atoms with Crippen LogP contribution in [0.2, 0.25) is 0 Å². The van der Waals surface area contributed by atoms with Crippen molar-refractivity contribution in [1.29, 1.82) is 0 Å². The molecule has 194 valence electrons. The van der Waals surface area contributed by atoms with E-state index in [1.165, 1.54) is 24.1 Å². The van der Waals surface area contributed by atoms with E-state index in [-0.39, 0.29) is 29.8 Å². The molecule has 1 aliphatic carbocycles. The van der Waals surface area contributed by atoms with Gasteiger partial charge in [0, 0.05) is 22.6 Å². The lowest BCUT2D eigenvalue weighted by Crippen LogP contribution is -2.75. The Labute approximate surface area is 215 Å². The molecule has 10 heteroatoms. The zero-order chi connectivity index (χ0) is 26.2. The number of benzene rings is 2. The fourth-order valence-electron chi connectivity index (χ4n) is 4.81. The van der Waals surface area contributed by atoms with E-state index in [0.717, 1.165) is 41.4 Å². The predicted octanol–water partition coefficient (Wildman–Crippen LogP) is 2.95. The summed E-state index contributed by atoms with van der Waals surface area (Å²) in [5, 5.41) is 0.995. The number of hydrogen-bond acceptors (Lipinski definition) is 7. The fourth-order valence-corrected chi connectivity index (χ4v) is 6.15. The van der Waals surface area contributed by atoms with Gasteiger partial charge in [0.25, 0.3) is 0 Å². The summed E-state index contributed by atoms with van der Waals surface area (Å²) in [6.07, 6.45) is 2.67. The van der Waals surface area contributed by atoms with E-state index < -0.39 is 21.5 Å². The summed E-state index contributed by atoms with van der Waals surface area (Å²) < 4.78 is 39.6. The van der Waals surface area contributed by atoms with Crippen molar-refractivity contribution in [3.05, 3.63) is 65.9 Å². The van der Waals surface area contributed by atoms with Gasteiger partial charge < -0.3 is 14.4 Å². The Balaban J connectivity index is 1.27. The van der Waals surface area contributed by atoms with Crippen LogP contribution in [0.1, 0.15) is 30.5 Å². The highest BCUT2D eigenvalue weighted by Crippen LogP contribution is 2.33. The summed E-state index contributed by atoms with van der Waals surface area (Å²) in [7, 11) is -2.86. The molecule has 1 N–H and O–H groups in total. The molecule has 1 aliphatic heterocycles. The number of nitrogens with zero attached hydrogens (tertiary/aromatic N) is 2. The first-order valence-electron chi connectivity index (χ1n) is 12.2. The molecule has 0 radical (unpaired) electrons.